The van der Waals surface area contributed by atoms with Crippen LogP contribution in [0.4, 0.5) is 0 Å². The number of aryl methyl sites for hydroxylation is 2. The van der Waals surface area contributed by atoms with Crippen LogP contribution in [0.15, 0.2) is 24.8 Å². The van der Waals surface area contributed by atoms with Crippen LogP contribution in [0.25, 0.3) is 0 Å². The van der Waals surface area contributed by atoms with Gasteiger partial charge in [0.15, 0.2) is 5.82 Å². The quantitative estimate of drug-likeness (QED) is 0.864. The van der Waals surface area contributed by atoms with E-state index in [-0.39, 0.29) is 6.04 Å². The molecule has 1 atom stereocenters. The molecule has 17 heavy (non-hydrogen) atoms. The lowest BCUT2D eigenvalue weighted by atomic mass is 10.2. The van der Waals surface area contributed by atoms with E-state index in [1.165, 1.54) is 0 Å². The van der Waals surface area contributed by atoms with Gasteiger partial charge >= 0.3 is 0 Å². The fourth-order valence-corrected chi connectivity index (χ4v) is 1.71. The van der Waals surface area contributed by atoms with Crippen molar-refractivity contribution < 1.29 is 0 Å². The Morgan fingerprint density at radius 2 is 2.00 bits per heavy atom. The Balaban J connectivity index is 2.26. The second kappa shape index (κ2) is 5.05. The van der Waals surface area contributed by atoms with Crippen LogP contribution in [-0.4, -0.2) is 19.5 Å². The van der Waals surface area contributed by atoms with E-state index >= 15 is 0 Å². The summed E-state index contributed by atoms with van der Waals surface area (Å²) >= 11 is 0. The molecule has 0 saturated carbocycles. The summed E-state index contributed by atoms with van der Waals surface area (Å²) in [6.45, 7) is 4.99. The molecule has 2 N–H and O–H groups in total. The van der Waals surface area contributed by atoms with Gasteiger partial charge < -0.3 is 10.3 Å². The van der Waals surface area contributed by atoms with Crippen LogP contribution < -0.4 is 5.73 Å². The first-order chi connectivity index (χ1) is 8.22. The minimum absolute atomic E-state index is 0.364. The zero-order chi connectivity index (χ0) is 12.3. The highest BCUT2D eigenvalue weighted by molar-refractivity contribution is 5.12. The molecule has 0 aliphatic heterocycles. The second-order valence-corrected chi connectivity index (χ2v) is 4.08. The Kier molecular flexibility index (Phi) is 3.49. The normalized spacial score (nSPS) is 12.6. The number of imidazole rings is 1. The minimum Gasteiger partial charge on any atom is -0.333 e. The zero-order valence-electron chi connectivity index (χ0n) is 10.2. The van der Waals surface area contributed by atoms with E-state index in [0.29, 0.717) is 5.82 Å². The SMILES string of the molecule is CCCn1ccnc1C(N)c1ncc(C)cn1. The predicted octanol–water partition coefficient (Wildman–Crippen LogP) is 1.44. The van der Waals surface area contributed by atoms with Crippen LogP contribution in [0.5, 0.6) is 0 Å². The highest BCUT2D eigenvalue weighted by Gasteiger charge is 2.16. The Morgan fingerprint density at radius 1 is 1.29 bits per heavy atom. The lowest BCUT2D eigenvalue weighted by Crippen LogP contribution is -2.20. The zero-order valence-corrected chi connectivity index (χ0v) is 10.2. The molecule has 0 aliphatic carbocycles. The van der Waals surface area contributed by atoms with Crippen molar-refractivity contribution in [1.29, 1.82) is 0 Å². The Bertz CT molecular complexity index is 474. The van der Waals surface area contributed by atoms with Gasteiger partial charge in [-0.2, -0.15) is 0 Å². The molecule has 1 unspecified atom stereocenters. The molecule has 0 aromatic carbocycles. The topological polar surface area (TPSA) is 69.6 Å². The summed E-state index contributed by atoms with van der Waals surface area (Å²) in [4.78, 5) is 12.8. The average Bonchev–Trinajstić information content (AvgIpc) is 2.78. The first kappa shape index (κ1) is 11.7. The van der Waals surface area contributed by atoms with Gasteiger partial charge in [0, 0.05) is 31.3 Å². The van der Waals surface area contributed by atoms with Crippen molar-refractivity contribution in [1.82, 2.24) is 19.5 Å². The first-order valence-electron chi connectivity index (χ1n) is 5.77. The molecule has 2 rings (SSSR count). The molecule has 90 valence electrons. The van der Waals surface area contributed by atoms with Crippen molar-refractivity contribution in [2.24, 2.45) is 5.73 Å². The first-order valence-corrected chi connectivity index (χ1v) is 5.77. The molecule has 0 radical (unpaired) electrons. The summed E-state index contributed by atoms with van der Waals surface area (Å²) < 4.78 is 2.05. The van der Waals surface area contributed by atoms with Gasteiger partial charge in [0.25, 0.3) is 0 Å². The molecule has 2 heterocycles. The average molecular weight is 231 g/mol. The van der Waals surface area contributed by atoms with Gasteiger partial charge in [0.05, 0.1) is 0 Å². The highest BCUT2D eigenvalue weighted by Crippen LogP contribution is 2.14. The molecule has 0 aliphatic rings. The van der Waals surface area contributed by atoms with Crippen LogP contribution >= 0.6 is 0 Å². The number of aromatic nitrogens is 4. The van der Waals surface area contributed by atoms with E-state index in [9.17, 15) is 0 Å². The predicted molar refractivity (Wildman–Crippen MR) is 65.3 cm³/mol. The van der Waals surface area contributed by atoms with E-state index in [1.807, 2.05) is 17.7 Å². The summed E-state index contributed by atoms with van der Waals surface area (Å²) in [6.07, 6.45) is 8.29. The van der Waals surface area contributed by atoms with Gasteiger partial charge in [-0.25, -0.2) is 15.0 Å². The minimum atomic E-state index is -0.364. The molecular formula is C12H17N5. The van der Waals surface area contributed by atoms with Crippen molar-refractivity contribution in [3.8, 4) is 0 Å². The van der Waals surface area contributed by atoms with Gasteiger partial charge in [0.1, 0.15) is 11.9 Å². The molecule has 0 bridgehead atoms. The van der Waals surface area contributed by atoms with Crippen LogP contribution in [0.2, 0.25) is 0 Å². The number of nitrogens with two attached hydrogens (primary N) is 1. The summed E-state index contributed by atoms with van der Waals surface area (Å²) in [5, 5.41) is 0. The molecule has 0 saturated heterocycles. The second-order valence-electron chi connectivity index (χ2n) is 4.08. The van der Waals surface area contributed by atoms with Gasteiger partial charge in [-0.3, -0.25) is 0 Å². The highest BCUT2D eigenvalue weighted by atomic mass is 15.1. The standard InChI is InChI=1S/C12H17N5/c1-3-5-17-6-4-14-12(17)10(13)11-15-7-9(2)8-16-11/h4,6-8,10H,3,5,13H2,1-2H3. The fourth-order valence-electron chi connectivity index (χ4n) is 1.71. The van der Waals surface area contributed by atoms with Crippen LogP contribution in [-0.2, 0) is 6.54 Å². The summed E-state index contributed by atoms with van der Waals surface area (Å²) in [5.74, 6) is 1.43. The Morgan fingerprint density at radius 3 is 2.65 bits per heavy atom. The monoisotopic (exact) mass is 231 g/mol. The van der Waals surface area contributed by atoms with E-state index in [1.54, 1.807) is 18.6 Å². The summed E-state index contributed by atoms with van der Waals surface area (Å²) in [5.41, 5.74) is 7.16. The van der Waals surface area contributed by atoms with Crippen LogP contribution in [0.1, 0.15) is 36.6 Å². The number of rotatable bonds is 4. The molecule has 0 fully saturated rings. The van der Waals surface area contributed by atoms with Crippen molar-refractivity contribution in [2.75, 3.05) is 0 Å². The molecule has 5 heteroatoms. The maximum atomic E-state index is 6.13. The third kappa shape index (κ3) is 2.50. The van der Waals surface area contributed by atoms with E-state index in [0.717, 1.165) is 24.4 Å². The molecule has 5 nitrogen and oxygen atoms in total. The van der Waals surface area contributed by atoms with E-state index < -0.39 is 0 Å². The summed E-state index contributed by atoms with van der Waals surface area (Å²) in [6, 6.07) is -0.364. The molecule has 2 aromatic rings. The molecular weight excluding hydrogens is 214 g/mol. The maximum absolute atomic E-state index is 6.13. The van der Waals surface area contributed by atoms with Crippen molar-refractivity contribution >= 4 is 0 Å². The fraction of sp³-hybridized carbons (Fsp3) is 0.417. The van der Waals surface area contributed by atoms with Crippen LogP contribution in [0, 0.1) is 6.92 Å². The molecule has 0 amide bonds. The lowest BCUT2D eigenvalue weighted by molar-refractivity contribution is 0.599. The molecule has 2 aromatic heterocycles. The number of hydrogen-bond donors (Lipinski definition) is 1. The summed E-state index contributed by atoms with van der Waals surface area (Å²) in [7, 11) is 0. The van der Waals surface area contributed by atoms with Gasteiger partial charge in [-0.15, -0.1) is 0 Å². The van der Waals surface area contributed by atoms with Crippen molar-refractivity contribution in [2.45, 2.75) is 32.9 Å². The molecule has 0 spiro atoms. The largest absolute Gasteiger partial charge is 0.333 e. The van der Waals surface area contributed by atoms with Gasteiger partial charge in [-0.1, -0.05) is 6.92 Å². The van der Waals surface area contributed by atoms with Gasteiger partial charge in [-0.05, 0) is 18.9 Å². The smallest absolute Gasteiger partial charge is 0.152 e. The Labute approximate surface area is 101 Å². The van der Waals surface area contributed by atoms with E-state index in [2.05, 4.69) is 21.9 Å². The third-order valence-corrected chi connectivity index (χ3v) is 2.57. The maximum Gasteiger partial charge on any atom is 0.152 e. The lowest BCUT2D eigenvalue weighted by Gasteiger charge is -2.12. The van der Waals surface area contributed by atoms with E-state index in [4.69, 9.17) is 5.73 Å². The number of hydrogen-bond acceptors (Lipinski definition) is 4. The van der Waals surface area contributed by atoms with Crippen molar-refractivity contribution in [3.63, 3.8) is 0 Å². The Hall–Kier alpha value is -1.75. The number of nitrogens with zero attached hydrogens (tertiary/aromatic N) is 4. The van der Waals surface area contributed by atoms with Gasteiger partial charge in [0.2, 0.25) is 0 Å². The third-order valence-electron chi connectivity index (χ3n) is 2.57. The van der Waals surface area contributed by atoms with Crippen molar-refractivity contribution in [3.05, 3.63) is 42.0 Å². The van der Waals surface area contributed by atoms with Crippen LogP contribution in [0.3, 0.4) is 0 Å².